The molecule has 2 N–H and O–H groups in total. The summed E-state index contributed by atoms with van der Waals surface area (Å²) >= 11 is 1.82. The predicted octanol–water partition coefficient (Wildman–Crippen LogP) is 4.30. The molecule has 5 nitrogen and oxygen atoms in total. The van der Waals surface area contributed by atoms with Crippen molar-refractivity contribution >= 4 is 47.0 Å². The Labute approximate surface area is 210 Å². The molecule has 176 valence electrons. The fourth-order valence-electron chi connectivity index (χ4n) is 4.59. The molecule has 1 aromatic heterocycles. The van der Waals surface area contributed by atoms with Gasteiger partial charge in [0.2, 0.25) is 0 Å². The first-order chi connectivity index (χ1) is 15.1. The summed E-state index contributed by atoms with van der Waals surface area (Å²) in [6, 6.07) is 8.45. The van der Waals surface area contributed by atoms with Crippen LogP contribution in [0.4, 0.5) is 14.5 Å². The topological polar surface area (TPSA) is 42.9 Å². The minimum atomic E-state index is -0.507. The molecule has 0 saturated carbocycles. The van der Waals surface area contributed by atoms with Crippen LogP contribution in [-0.4, -0.2) is 56.7 Å². The lowest BCUT2D eigenvalue weighted by Crippen LogP contribution is -2.47. The molecular weight excluding hydrogens is 543 g/mol. The SMILES string of the molecule is CN=C(NCC1CCCN(Cc2cccs2)C1)NC1CCN(c2c(F)cccc2F)C1.I. The highest BCUT2D eigenvalue weighted by Gasteiger charge is 2.27. The number of guanidine groups is 1. The first-order valence-electron chi connectivity index (χ1n) is 11.0. The first kappa shape index (κ1) is 25.2. The Bertz CT molecular complexity index is 859. The number of aliphatic imine (C=N–C) groups is 1. The molecule has 2 atom stereocenters. The third-order valence-electron chi connectivity index (χ3n) is 6.13. The maximum Gasteiger partial charge on any atom is 0.191 e. The highest BCUT2D eigenvalue weighted by atomic mass is 127. The number of hydrogen-bond acceptors (Lipinski definition) is 4. The average Bonchev–Trinajstić information content (AvgIpc) is 3.44. The first-order valence-corrected chi connectivity index (χ1v) is 11.9. The maximum absolute atomic E-state index is 14.1. The summed E-state index contributed by atoms with van der Waals surface area (Å²) in [5.74, 6) is 0.330. The Kier molecular flexibility index (Phi) is 9.54. The van der Waals surface area contributed by atoms with E-state index in [0.29, 0.717) is 19.0 Å². The third-order valence-corrected chi connectivity index (χ3v) is 6.99. The molecule has 2 aliphatic heterocycles. The molecule has 2 saturated heterocycles. The summed E-state index contributed by atoms with van der Waals surface area (Å²) in [4.78, 5) is 10.1. The Morgan fingerprint density at radius 1 is 1.12 bits per heavy atom. The van der Waals surface area contributed by atoms with Gasteiger partial charge >= 0.3 is 0 Å². The number of halogens is 3. The minimum Gasteiger partial charge on any atom is -0.365 e. The number of thiophene rings is 1. The van der Waals surface area contributed by atoms with E-state index in [1.54, 1.807) is 11.9 Å². The monoisotopic (exact) mass is 575 g/mol. The zero-order chi connectivity index (χ0) is 21.6. The molecular formula is C23H32F2IN5S. The van der Waals surface area contributed by atoms with E-state index in [2.05, 4.69) is 38.0 Å². The van der Waals surface area contributed by atoms with Crippen molar-refractivity contribution in [2.45, 2.75) is 31.8 Å². The Balaban J connectivity index is 0.00000289. The Hall–Kier alpha value is -1.46. The Morgan fingerprint density at radius 2 is 1.94 bits per heavy atom. The van der Waals surface area contributed by atoms with E-state index in [0.717, 1.165) is 38.6 Å². The number of likely N-dealkylation sites (tertiary alicyclic amines) is 1. The lowest BCUT2D eigenvalue weighted by atomic mass is 9.98. The van der Waals surface area contributed by atoms with Crippen molar-refractivity contribution in [2.75, 3.05) is 44.7 Å². The zero-order valence-electron chi connectivity index (χ0n) is 18.4. The average molecular weight is 576 g/mol. The molecule has 2 aromatic rings. The van der Waals surface area contributed by atoms with Crippen molar-refractivity contribution in [3.05, 3.63) is 52.2 Å². The van der Waals surface area contributed by atoms with Crippen molar-refractivity contribution in [1.82, 2.24) is 15.5 Å². The second kappa shape index (κ2) is 12.1. The number of anilines is 1. The number of para-hydroxylation sites is 1. The molecule has 9 heteroatoms. The van der Waals surface area contributed by atoms with E-state index >= 15 is 0 Å². The van der Waals surface area contributed by atoms with Crippen LogP contribution in [0.15, 0.2) is 40.7 Å². The van der Waals surface area contributed by atoms with Crippen LogP contribution in [0.5, 0.6) is 0 Å². The molecule has 0 radical (unpaired) electrons. The lowest BCUT2D eigenvalue weighted by Gasteiger charge is -2.33. The lowest BCUT2D eigenvalue weighted by molar-refractivity contribution is 0.169. The van der Waals surface area contributed by atoms with Gasteiger partial charge in [-0.1, -0.05) is 12.1 Å². The summed E-state index contributed by atoms with van der Waals surface area (Å²) in [5, 5.41) is 9.04. The van der Waals surface area contributed by atoms with Crippen LogP contribution in [0.3, 0.4) is 0 Å². The van der Waals surface area contributed by atoms with Gasteiger partial charge in [0.1, 0.15) is 17.3 Å². The van der Waals surface area contributed by atoms with Crippen molar-refractivity contribution in [3.63, 3.8) is 0 Å². The third kappa shape index (κ3) is 6.54. The normalized spacial score (nSPS) is 22.0. The predicted molar refractivity (Wildman–Crippen MR) is 139 cm³/mol. The molecule has 1 aromatic carbocycles. The summed E-state index contributed by atoms with van der Waals surface area (Å²) < 4.78 is 28.2. The van der Waals surface area contributed by atoms with E-state index in [9.17, 15) is 8.78 Å². The van der Waals surface area contributed by atoms with Gasteiger partial charge in [0.05, 0.1) is 0 Å². The summed E-state index contributed by atoms with van der Waals surface area (Å²) in [7, 11) is 1.77. The van der Waals surface area contributed by atoms with Crippen molar-refractivity contribution < 1.29 is 8.78 Å². The standard InChI is InChI=1S/C23H31F2N5S.HI/c1-26-23(27-13-17-5-3-10-29(14-17)16-19-6-4-12-31-19)28-18-9-11-30(15-18)22-20(24)7-2-8-21(22)25;/h2,4,6-8,12,17-18H,3,5,9-11,13-16H2,1H3,(H2,26,27,28);1H. The van der Waals surface area contributed by atoms with Gasteiger partial charge in [0, 0.05) is 50.7 Å². The molecule has 0 bridgehead atoms. The van der Waals surface area contributed by atoms with Crippen LogP contribution < -0.4 is 15.5 Å². The molecule has 4 rings (SSSR count). The van der Waals surface area contributed by atoms with Crippen LogP contribution >= 0.6 is 35.3 Å². The van der Waals surface area contributed by atoms with Crippen LogP contribution in [0.1, 0.15) is 24.1 Å². The number of rotatable bonds is 6. The smallest absolute Gasteiger partial charge is 0.191 e. The van der Waals surface area contributed by atoms with Gasteiger partial charge in [0.25, 0.3) is 0 Å². The van der Waals surface area contributed by atoms with Crippen LogP contribution in [0.2, 0.25) is 0 Å². The molecule has 2 unspecified atom stereocenters. The van der Waals surface area contributed by atoms with Crippen LogP contribution in [0.25, 0.3) is 0 Å². The van der Waals surface area contributed by atoms with Gasteiger partial charge in [-0.25, -0.2) is 8.78 Å². The van der Waals surface area contributed by atoms with E-state index < -0.39 is 11.6 Å². The highest BCUT2D eigenvalue weighted by Crippen LogP contribution is 2.26. The van der Waals surface area contributed by atoms with Crippen LogP contribution in [-0.2, 0) is 6.54 Å². The van der Waals surface area contributed by atoms with Crippen molar-refractivity contribution in [3.8, 4) is 0 Å². The van der Waals surface area contributed by atoms with Crippen LogP contribution in [0, 0.1) is 17.6 Å². The van der Waals surface area contributed by atoms with Gasteiger partial charge in [0.15, 0.2) is 5.96 Å². The van der Waals surface area contributed by atoms with Crippen molar-refractivity contribution in [2.24, 2.45) is 10.9 Å². The largest absolute Gasteiger partial charge is 0.365 e. The van der Waals surface area contributed by atoms with Crippen molar-refractivity contribution in [1.29, 1.82) is 0 Å². The highest BCUT2D eigenvalue weighted by molar-refractivity contribution is 14.0. The second-order valence-electron chi connectivity index (χ2n) is 8.42. The van der Waals surface area contributed by atoms with Gasteiger partial charge < -0.3 is 15.5 Å². The molecule has 2 aliphatic rings. The summed E-state index contributed by atoms with van der Waals surface area (Å²) in [6.07, 6.45) is 3.25. The van der Waals surface area contributed by atoms with E-state index in [4.69, 9.17) is 0 Å². The number of piperidine rings is 1. The number of nitrogens with one attached hydrogen (secondary N) is 2. The number of hydrogen-bond donors (Lipinski definition) is 2. The number of nitrogens with zero attached hydrogens (tertiary/aromatic N) is 3. The fourth-order valence-corrected chi connectivity index (χ4v) is 5.33. The van der Waals surface area contributed by atoms with E-state index in [1.807, 2.05) is 11.3 Å². The number of benzene rings is 1. The van der Waals surface area contributed by atoms with Gasteiger partial charge in [-0.3, -0.25) is 9.89 Å². The van der Waals surface area contributed by atoms with Gasteiger partial charge in [-0.15, -0.1) is 35.3 Å². The molecule has 2 fully saturated rings. The fraction of sp³-hybridized carbons (Fsp3) is 0.522. The Morgan fingerprint density at radius 3 is 2.66 bits per heavy atom. The quantitative estimate of drug-likeness (QED) is 0.307. The summed E-state index contributed by atoms with van der Waals surface area (Å²) in [6.45, 7) is 5.32. The summed E-state index contributed by atoms with van der Waals surface area (Å²) in [5.41, 5.74) is 0.0720. The zero-order valence-corrected chi connectivity index (χ0v) is 21.5. The molecule has 32 heavy (non-hydrogen) atoms. The molecule has 0 amide bonds. The van der Waals surface area contributed by atoms with E-state index in [1.165, 1.54) is 35.9 Å². The minimum absolute atomic E-state index is 0. The molecule has 3 heterocycles. The van der Waals surface area contributed by atoms with Gasteiger partial charge in [-0.2, -0.15) is 0 Å². The maximum atomic E-state index is 14.1. The second-order valence-corrected chi connectivity index (χ2v) is 9.45. The van der Waals surface area contributed by atoms with E-state index in [-0.39, 0.29) is 35.7 Å². The molecule has 0 aliphatic carbocycles. The molecule has 0 spiro atoms. The van der Waals surface area contributed by atoms with Gasteiger partial charge in [-0.05, 0) is 55.3 Å².